The van der Waals surface area contributed by atoms with Gasteiger partial charge in [0, 0.05) is 26.1 Å². The van der Waals surface area contributed by atoms with Crippen LogP contribution in [0.1, 0.15) is 39.5 Å². The highest BCUT2D eigenvalue weighted by Crippen LogP contribution is 2.23. The van der Waals surface area contributed by atoms with E-state index in [1.165, 1.54) is 4.90 Å². The first-order valence-corrected chi connectivity index (χ1v) is 9.64. The Labute approximate surface area is 158 Å². The van der Waals surface area contributed by atoms with E-state index in [0.717, 1.165) is 23.9 Å². The van der Waals surface area contributed by atoms with Crippen molar-refractivity contribution < 1.29 is 14.7 Å². The van der Waals surface area contributed by atoms with Crippen molar-refractivity contribution in [1.29, 1.82) is 0 Å². The fraction of sp³-hybridized carbons (Fsp3) is 0.550. The number of aliphatic carboxylic acids is 1. The van der Waals surface area contributed by atoms with Crippen molar-refractivity contribution in [1.82, 2.24) is 14.0 Å². The summed E-state index contributed by atoms with van der Waals surface area (Å²) in [6, 6.07) is 6.81. The number of carboxylic acids is 1. The molecule has 1 aliphatic rings. The summed E-state index contributed by atoms with van der Waals surface area (Å²) >= 11 is 0. The predicted octanol–water partition coefficient (Wildman–Crippen LogP) is 2.31. The maximum atomic E-state index is 12.8. The van der Waals surface area contributed by atoms with Gasteiger partial charge in [-0.05, 0) is 37.3 Å². The van der Waals surface area contributed by atoms with Crippen molar-refractivity contribution in [3.05, 3.63) is 34.7 Å². The normalized spacial score (nSPS) is 20.1. The molecule has 1 aliphatic heterocycles. The molecular weight excluding hydrogens is 346 g/mol. The number of hydrogen-bond acceptors (Lipinski definition) is 3. The number of carbonyl (C=O) groups excluding carboxylic acids is 1. The van der Waals surface area contributed by atoms with Gasteiger partial charge >= 0.3 is 11.7 Å². The number of carbonyl (C=O) groups is 2. The highest BCUT2D eigenvalue weighted by molar-refractivity contribution is 5.84. The minimum Gasteiger partial charge on any atom is -0.480 e. The second kappa shape index (κ2) is 7.98. The molecule has 27 heavy (non-hydrogen) atoms. The third-order valence-corrected chi connectivity index (χ3v) is 5.39. The van der Waals surface area contributed by atoms with E-state index >= 15 is 0 Å². The van der Waals surface area contributed by atoms with Crippen LogP contribution in [-0.4, -0.2) is 43.6 Å². The van der Waals surface area contributed by atoms with Crippen molar-refractivity contribution >= 4 is 22.9 Å². The summed E-state index contributed by atoms with van der Waals surface area (Å²) in [5.74, 6) is -0.857. The van der Waals surface area contributed by atoms with Gasteiger partial charge in [-0.2, -0.15) is 0 Å². The van der Waals surface area contributed by atoms with E-state index in [1.807, 2.05) is 38.1 Å². The minimum absolute atomic E-state index is 0.118. The molecule has 0 aliphatic carbocycles. The molecule has 0 spiro atoms. The van der Waals surface area contributed by atoms with E-state index in [9.17, 15) is 19.5 Å². The molecule has 2 atom stereocenters. The Bertz CT molecular complexity index is 898. The lowest BCUT2D eigenvalue weighted by molar-refractivity contribution is -0.153. The summed E-state index contributed by atoms with van der Waals surface area (Å²) in [5.41, 5.74) is 1.56. The topological polar surface area (TPSA) is 84.5 Å². The zero-order chi connectivity index (χ0) is 19.6. The molecule has 146 valence electrons. The van der Waals surface area contributed by atoms with Crippen molar-refractivity contribution in [3.8, 4) is 0 Å². The quantitative estimate of drug-likeness (QED) is 0.842. The number of para-hydroxylation sites is 2. The van der Waals surface area contributed by atoms with Crippen LogP contribution in [0.15, 0.2) is 29.1 Å². The summed E-state index contributed by atoms with van der Waals surface area (Å²) in [4.78, 5) is 38.5. The van der Waals surface area contributed by atoms with E-state index in [4.69, 9.17) is 0 Å². The number of nitrogens with zero attached hydrogens (tertiary/aromatic N) is 3. The molecule has 1 fully saturated rings. The lowest BCUT2D eigenvalue weighted by Crippen LogP contribution is -2.50. The molecule has 1 aromatic heterocycles. The van der Waals surface area contributed by atoms with E-state index in [1.54, 1.807) is 9.13 Å². The average Bonchev–Trinajstić information content (AvgIpc) is 2.91. The van der Waals surface area contributed by atoms with E-state index < -0.39 is 12.0 Å². The minimum atomic E-state index is -0.952. The molecule has 0 bridgehead atoms. The van der Waals surface area contributed by atoms with Crippen molar-refractivity contribution in [2.24, 2.45) is 5.92 Å². The van der Waals surface area contributed by atoms with Gasteiger partial charge in [-0.15, -0.1) is 0 Å². The molecule has 1 saturated heterocycles. The van der Waals surface area contributed by atoms with Gasteiger partial charge in [0.1, 0.15) is 6.04 Å². The summed E-state index contributed by atoms with van der Waals surface area (Å²) in [7, 11) is 0. The molecule has 0 radical (unpaired) electrons. The number of hydrogen-bond donors (Lipinski definition) is 1. The van der Waals surface area contributed by atoms with Crippen LogP contribution in [0.25, 0.3) is 11.0 Å². The molecule has 1 aromatic carbocycles. The first-order chi connectivity index (χ1) is 12.9. The number of aryl methyl sites for hydroxylation is 2. The molecule has 0 saturated carbocycles. The number of rotatable bonds is 6. The number of likely N-dealkylation sites (tertiary alicyclic amines) is 1. The number of imidazole rings is 1. The highest BCUT2D eigenvalue weighted by Gasteiger charge is 2.34. The van der Waals surface area contributed by atoms with Crippen LogP contribution in [-0.2, 0) is 22.7 Å². The van der Waals surface area contributed by atoms with Gasteiger partial charge < -0.3 is 10.0 Å². The van der Waals surface area contributed by atoms with Gasteiger partial charge in [0.15, 0.2) is 0 Å². The summed E-state index contributed by atoms with van der Waals surface area (Å²) in [6.45, 7) is 5.38. The van der Waals surface area contributed by atoms with Crippen LogP contribution in [0.4, 0.5) is 0 Å². The largest absolute Gasteiger partial charge is 0.480 e. The number of piperidine rings is 1. The first kappa shape index (κ1) is 19.2. The highest BCUT2D eigenvalue weighted by atomic mass is 16.4. The number of carboxylic acid groups (broad SMARTS) is 1. The Balaban J connectivity index is 1.80. The van der Waals surface area contributed by atoms with Gasteiger partial charge in [0.05, 0.1) is 11.0 Å². The zero-order valence-electron chi connectivity index (χ0n) is 15.9. The average molecular weight is 373 g/mol. The summed E-state index contributed by atoms with van der Waals surface area (Å²) < 4.78 is 3.37. The third kappa shape index (κ3) is 3.77. The number of benzene rings is 1. The van der Waals surface area contributed by atoms with Crippen LogP contribution >= 0.6 is 0 Å². The molecule has 1 N–H and O–H groups in total. The molecule has 7 nitrogen and oxygen atoms in total. The monoisotopic (exact) mass is 373 g/mol. The Morgan fingerprint density at radius 2 is 1.78 bits per heavy atom. The Morgan fingerprint density at radius 1 is 1.15 bits per heavy atom. The van der Waals surface area contributed by atoms with Gasteiger partial charge in [-0.25, -0.2) is 9.59 Å². The second-order valence-corrected chi connectivity index (χ2v) is 7.40. The SMILES string of the molecule is CCCn1c(=O)n(CCC(=O)N2CCC(C)CC2C(=O)O)c2ccccc21. The molecule has 2 heterocycles. The number of amides is 1. The van der Waals surface area contributed by atoms with Crippen LogP contribution < -0.4 is 5.69 Å². The molecule has 1 amide bonds. The second-order valence-electron chi connectivity index (χ2n) is 7.40. The molecular formula is C20H27N3O4. The third-order valence-electron chi connectivity index (χ3n) is 5.39. The van der Waals surface area contributed by atoms with Crippen molar-refractivity contribution in [2.45, 2.75) is 58.7 Å². The van der Waals surface area contributed by atoms with E-state index in [-0.39, 0.29) is 24.6 Å². The van der Waals surface area contributed by atoms with E-state index in [0.29, 0.717) is 25.4 Å². The number of fused-ring (bicyclic) bond motifs is 1. The Morgan fingerprint density at radius 3 is 2.37 bits per heavy atom. The van der Waals surface area contributed by atoms with Crippen molar-refractivity contribution in [3.63, 3.8) is 0 Å². The van der Waals surface area contributed by atoms with Gasteiger partial charge in [-0.1, -0.05) is 26.0 Å². The smallest absolute Gasteiger partial charge is 0.329 e. The van der Waals surface area contributed by atoms with Crippen LogP contribution in [0.3, 0.4) is 0 Å². The maximum absolute atomic E-state index is 12.8. The molecule has 7 heteroatoms. The number of aromatic nitrogens is 2. The van der Waals surface area contributed by atoms with Gasteiger partial charge in [-0.3, -0.25) is 13.9 Å². The molecule has 3 rings (SSSR count). The maximum Gasteiger partial charge on any atom is 0.329 e. The lowest BCUT2D eigenvalue weighted by Gasteiger charge is -2.36. The summed E-state index contributed by atoms with van der Waals surface area (Å²) in [6.07, 6.45) is 2.26. The fourth-order valence-corrected chi connectivity index (χ4v) is 3.95. The van der Waals surface area contributed by atoms with Crippen LogP contribution in [0.5, 0.6) is 0 Å². The van der Waals surface area contributed by atoms with Crippen LogP contribution in [0.2, 0.25) is 0 Å². The van der Waals surface area contributed by atoms with Gasteiger partial charge in [0.2, 0.25) is 5.91 Å². The first-order valence-electron chi connectivity index (χ1n) is 9.64. The van der Waals surface area contributed by atoms with E-state index in [2.05, 4.69) is 0 Å². The summed E-state index contributed by atoms with van der Waals surface area (Å²) in [5, 5.41) is 9.46. The molecule has 2 aromatic rings. The van der Waals surface area contributed by atoms with Crippen LogP contribution in [0, 0.1) is 5.92 Å². The standard InChI is InChI=1S/C20H27N3O4/c1-3-10-22-15-6-4-5-7-16(15)23(20(22)27)12-9-18(24)21-11-8-14(2)13-17(21)19(25)26/h4-7,14,17H,3,8-13H2,1-2H3,(H,25,26). The lowest BCUT2D eigenvalue weighted by atomic mass is 9.92. The Kier molecular flexibility index (Phi) is 5.68. The Hall–Kier alpha value is -2.57. The zero-order valence-corrected chi connectivity index (χ0v) is 15.9. The fourth-order valence-electron chi connectivity index (χ4n) is 3.95. The van der Waals surface area contributed by atoms with Crippen molar-refractivity contribution in [2.75, 3.05) is 6.54 Å². The molecule has 2 unspecified atom stereocenters. The van der Waals surface area contributed by atoms with Gasteiger partial charge in [0.25, 0.3) is 0 Å². The predicted molar refractivity (Wildman–Crippen MR) is 103 cm³/mol.